The Morgan fingerprint density at radius 3 is 2.63 bits per heavy atom. The number of hydrogen-bond donors (Lipinski definition) is 1. The van der Waals surface area contributed by atoms with E-state index in [1.807, 2.05) is 6.08 Å². The van der Waals surface area contributed by atoms with Crippen molar-refractivity contribution in [3.63, 3.8) is 0 Å². The zero-order valence-corrected chi connectivity index (χ0v) is 18.3. The minimum atomic E-state index is -0.156. The number of fused-ring (bicyclic) bond motifs is 5. The smallest absolute Gasteiger partial charge is 0.223 e. The van der Waals surface area contributed by atoms with Gasteiger partial charge in [-0.05, 0) is 88.5 Å². The number of hydrogen-bond acceptors (Lipinski definition) is 3. The van der Waals surface area contributed by atoms with Crippen LogP contribution in [-0.2, 0) is 9.59 Å². The summed E-state index contributed by atoms with van der Waals surface area (Å²) in [6, 6.07) is 0. The molecule has 1 aliphatic heterocycles. The lowest BCUT2D eigenvalue weighted by Crippen LogP contribution is -2.52. The van der Waals surface area contributed by atoms with Crippen LogP contribution in [0, 0.1) is 34.5 Å². The molecule has 0 unspecified atom stereocenters. The third-order valence-corrected chi connectivity index (χ3v) is 9.56. The van der Waals surface area contributed by atoms with Gasteiger partial charge in [0.15, 0.2) is 0 Å². The van der Waals surface area contributed by atoms with Crippen molar-refractivity contribution < 1.29 is 9.59 Å². The van der Waals surface area contributed by atoms with E-state index in [1.165, 1.54) is 19.3 Å². The first-order valence-corrected chi connectivity index (χ1v) is 11.6. The normalized spacial score (nSPS) is 46.4. The summed E-state index contributed by atoms with van der Waals surface area (Å²) >= 11 is 1.57. The molecule has 1 N–H and O–H groups in total. The molecule has 1 amide bonds. The molecular formula is C23H35NO2S. The van der Waals surface area contributed by atoms with Crippen LogP contribution in [0.25, 0.3) is 0 Å². The first-order chi connectivity index (χ1) is 12.5. The van der Waals surface area contributed by atoms with Gasteiger partial charge in [0, 0.05) is 22.1 Å². The fraction of sp³-hybridized carbons (Fsp3) is 0.826. The lowest BCUT2D eigenvalue weighted by atomic mass is 9.50. The van der Waals surface area contributed by atoms with E-state index in [1.54, 1.807) is 11.8 Å². The molecule has 4 rings (SSSR count). The van der Waals surface area contributed by atoms with Crippen molar-refractivity contribution in [2.45, 2.75) is 83.9 Å². The maximum atomic E-state index is 12.9. The van der Waals surface area contributed by atoms with Gasteiger partial charge in [-0.2, -0.15) is 0 Å². The van der Waals surface area contributed by atoms with Crippen LogP contribution in [0.3, 0.4) is 0 Å². The number of carbonyl (C=O) groups excluding carboxylic acids is 2. The van der Waals surface area contributed by atoms with Crippen molar-refractivity contribution in [1.82, 2.24) is 5.32 Å². The highest BCUT2D eigenvalue weighted by molar-refractivity contribution is 8.14. The summed E-state index contributed by atoms with van der Waals surface area (Å²) < 4.78 is 0. The van der Waals surface area contributed by atoms with E-state index in [4.69, 9.17) is 0 Å². The van der Waals surface area contributed by atoms with Gasteiger partial charge in [-0.15, -0.1) is 0 Å². The number of amides is 1. The van der Waals surface area contributed by atoms with Crippen LogP contribution in [0.15, 0.2) is 12.2 Å². The van der Waals surface area contributed by atoms with Crippen molar-refractivity contribution >= 4 is 22.8 Å². The average Bonchev–Trinajstić information content (AvgIpc) is 2.92. The highest BCUT2D eigenvalue weighted by atomic mass is 32.2. The van der Waals surface area contributed by atoms with E-state index in [2.05, 4.69) is 46.0 Å². The van der Waals surface area contributed by atoms with Crippen molar-refractivity contribution in [1.29, 1.82) is 0 Å². The molecule has 3 saturated carbocycles. The molecule has 3 fully saturated rings. The molecule has 0 bridgehead atoms. The van der Waals surface area contributed by atoms with Crippen LogP contribution < -0.4 is 5.32 Å². The van der Waals surface area contributed by atoms with E-state index in [0.717, 1.165) is 19.3 Å². The van der Waals surface area contributed by atoms with E-state index < -0.39 is 0 Å². The van der Waals surface area contributed by atoms with Crippen molar-refractivity contribution in [3.8, 4) is 0 Å². The van der Waals surface area contributed by atoms with Crippen LogP contribution >= 0.6 is 11.8 Å². The first kappa shape index (κ1) is 19.5. The van der Waals surface area contributed by atoms with Crippen molar-refractivity contribution in [2.75, 3.05) is 0 Å². The van der Waals surface area contributed by atoms with Gasteiger partial charge in [0.2, 0.25) is 11.0 Å². The SMILES string of the molecule is CC(C)(C)NC(=O)[C@H]1C[C@H]2[C@@H]3CC[C@H]4SC(=O)C=C[C@]4(C)[C@H]3CC[C@]2(C)C1. The summed E-state index contributed by atoms with van der Waals surface area (Å²) in [6.45, 7) is 11.1. The summed E-state index contributed by atoms with van der Waals surface area (Å²) in [5, 5.41) is 3.91. The summed E-state index contributed by atoms with van der Waals surface area (Å²) in [6.07, 6.45) is 11.0. The quantitative estimate of drug-likeness (QED) is 0.689. The van der Waals surface area contributed by atoms with Gasteiger partial charge in [-0.25, -0.2) is 0 Å². The Balaban J connectivity index is 1.56. The Morgan fingerprint density at radius 2 is 1.93 bits per heavy atom. The molecule has 0 aromatic carbocycles. The molecule has 3 nitrogen and oxygen atoms in total. The largest absolute Gasteiger partial charge is 0.351 e. The van der Waals surface area contributed by atoms with E-state index in [0.29, 0.717) is 28.4 Å². The molecular weight excluding hydrogens is 354 g/mol. The molecule has 150 valence electrons. The number of rotatable bonds is 1. The molecule has 0 saturated heterocycles. The fourth-order valence-corrected chi connectivity index (χ4v) is 8.12. The Bertz CT molecular complexity index is 680. The minimum Gasteiger partial charge on any atom is -0.351 e. The van der Waals surface area contributed by atoms with E-state index in [-0.39, 0.29) is 27.9 Å². The van der Waals surface area contributed by atoms with Crippen LogP contribution in [-0.4, -0.2) is 21.8 Å². The topological polar surface area (TPSA) is 46.2 Å². The molecule has 1 heterocycles. The molecule has 7 atom stereocenters. The van der Waals surface area contributed by atoms with Crippen molar-refractivity contribution in [2.24, 2.45) is 34.5 Å². The van der Waals surface area contributed by atoms with Crippen molar-refractivity contribution in [3.05, 3.63) is 12.2 Å². The second-order valence-electron chi connectivity index (χ2n) is 11.1. The minimum absolute atomic E-state index is 0.147. The molecule has 0 aromatic rings. The molecule has 0 spiro atoms. The van der Waals surface area contributed by atoms with Crippen LogP contribution in [0.4, 0.5) is 0 Å². The Hall–Kier alpha value is -0.770. The van der Waals surface area contributed by atoms with E-state index in [9.17, 15) is 9.59 Å². The Kier molecular flexibility index (Phi) is 4.61. The second kappa shape index (κ2) is 6.37. The second-order valence-corrected chi connectivity index (χ2v) is 12.4. The molecule has 0 aromatic heterocycles. The number of allylic oxidation sites excluding steroid dienone is 1. The monoisotopic (exact) mass is 389 g/mol. The number of carbonyl (C=O) groups is 2. The molecule has 4 heteroatoms. The predicted molar refractivity (Wildman–Crippen MR) is 111 cm³/mol. The molecule has 27 heavy (non-hydrogen) atoms. The molecule has 4 aliphatic rings. The Labute approximate surface area is 168 Å². The third kappa shape index (κ3) is 3.30. The van der Waals surface area contributed by atoms with Crippen LogP contribution in [0.1, 0.15) is 73.1 Å². The standard InChI is InChI=1S/C23H35NO2S/c1-21(2,3)24-20(26)14-12-17-15-6-7-18-23(5,11-9-19(25)27-18)16(15)8-10-22(17,4)13-14/h9,11,14-18H,6-8,10,12-13H2,1-5H3,(H,24,26)/t14-,15+,16-,17-,18+,22+,23+/m0/s1. The summed E-state index contributed by atoms with van der Waals surface area (Å²) in [7, 11) is 0. The molecule has 3 aliphatic carbocycles. The summed E-state index contributed by atoms with van der Waals surface area (Å²) in [5.74, 6) is 2.45. The van der Waals surface area contributed by atoms with Crippen LogP contribution in [0.5, 0.6) is 0 Å². The third-order valence-electron chi connectivity index (χ3n) is 8.17. The fourth-order valence-electron chi connectivity index (χ4n) is 6.93. The first-order valence-electron chi connectivity index (χ1n) is 10.7. The van der Waals surface area contributed by atoms with Gasteiger partial charge in [-0.3, -0.25) is 9.59 Å². The van der Waals surface area contributed by atoms with E-state index >= 15 is 0 Å². The van der Waals surface area contributed by atoms with Gasteiger partial charge >= 0.3 is 0 Å². The highest BCUT2D eigenvalue weighted by Crippen LogP contribution is 2.65. The lowest BCUT2D eigenvalue weighted by Gasteiger charge is -2.57. The maximum absolute atomic E-state index is 12.9. The zero-order valence-electron chi connectivity index (χ0n) is 17.5. The summed E-state index contributed by atoms with van der Waals surface area (Å²) in [4.78, 5) is 24.8. The maximum Gasteiger partial charge on any atom is 0.223 e. The Morgan fingerprint density at radius 1 is 1.19 bits per heavy atom. The van der Waals surface area contributed by atoms with Gasteiger partial charge in [0.05, 0.1) is 0 Å². The average molecular weight is 390 g/mol. The number of thioether (sulfide) groups is 1. The van der Waals surface area contributed by atoms with Crippen LogP contribution in [0.2, 0.25) is 0 Å². The van der Waals surface area contributed by atoms with Gasteiger partial charge in [-0.1, -0.05) is 31.7 Å². The molecule has 0 radical (unpaired) electrons. The van der Waals surface area contributed by atoms with Gasteiger partial charge in [0.1, 0.15) is 0 Å². The lowest BCUT2D eigenvalue weighted by molar-refractivity contribution is -0.126. The van der Waals surface area contributed by atoms with Gasteiger partial charge in [0.25, 0.3) is 0 Å². The number of nitrogens with one attached hydrogen (secondary N) is 1. The highest BCUT2D eigenvalue weighted by Gasteiger charge is 2.59. The predicted octanol–water partition coefficient (Wildman–Crippen LogP) is 4.96. The van der Waals surface area contributed by atoms with Gasteiger partial charge < -0.3 is 5.32 Å². The zero-order chi connectivity index (χ0) is 19.6. The summed E-state index contributed by atoms with van der Waals surface area (Å²) in [5.41, 5.74) is 0.302.